The van der Waals surface area contributed by atoms with E-state index in [9.17, 15) is 9.90 Å². The van der Waals surface area contributed by atoms with Gasteiger partial charge in [0.25, 0.3) is 0 Å². The fourth-order valence-electron chi connectivity index (χ4n) is 4.54. The number of fused-ring (bicyclic) bond motifs is 2. The summed E-state index contributed by atoms with van der Waals surface area (Å²) in [5, 5.41) is 18.2. The highest BCUT2D eigenvalue weighted by Gasteiger charge is 2.23. The van der Waals surface area contributed by atoms with Crippen molar-refractivity contribution in [1.29, 1.82) is 0 Å². The van der Waals surface area contributed by atoms with Gasteiger partial charge in [0.1, 0.15) is 5.76 Å². The van der Waals surface area contributed by atoms with Crippen LogP contribution in [0, 0.1) is 0 Å². The maximum atomic E-state index is 11.6. The highest BCUT2D eigenvalue weighted by atomic mass is 32.1. The van der Waals surface area contributed by atoms with E-state index in [1.165, 1.54) is 11.3 Å². The Hall–Kier alpha value is -3.43. The molecule has 4 N–H and O–H groups in total. The lowest BCUT2D eigenvalue weighted by Gasteiger charge is -2.25. The van der Waals surface area contributed by atoms with Crippen LogP contribution in [0.1, 0.15) is 31.7 Å². The Morgan fingerprint density at radius 1 is 1.16 bits per heavy atom. The van der Waals surface area contributed by atoms with Crippen molar-refractivity contribution in [1.82, 2.24) is 19.7 Å². The molecule has 9 heteroatoms. The average Bonchev–Trinajstić information content (AvgIpc) is 3.52. The van der Waals surface area contributed by atoms with Crippen LogP contribution in [0.2, 0.25) is 0 Å². The molecule has 1 aliphatic carbocycles. The summed E-state index contributed by atoms with van der Waals surface area (Å²) in [5.41, 5.74) is 9.30. The first-order chi connectivity index (χ1) is 15.6. The van der Waals surface area contributed by atoms with Gasteiger partial charge in [-0.05, 0) is 31.7 Å². The van der Waals surface area contributed by atoms with Gasteiger partial charge in [-0.2, -0.15) is 5.10 Å². The van der Waals surface area contributed by atoms with Gasteiger partial charge in [0.15, 0.2) is 11.4 Å². The number of nitrogen functional groups attached to an aromatic ring is 1. The predicted octanol–water partition coefficient (Wildman–Crippen LogP) is 4.32. The molecule has 32 heavy (non-hydrogen) atoms. The van der Waals surface area contributed by atoms with Crippen molar-refractivity contribution in [3.05, 3.63) is 52.7 Å². The van der Waals surface area contributed by atoms with Crippen LogP contribution in [0.15, 0.2) is 51.5 Å². The van der Waals surface area contributed by atoms with Gasteiger partial charge in [0.2, 0.25) is 5.56 Å². The smallest absolute Gasteiger partial charge is 0.249 e. The van der Waals surface area contributed by atoms with Crippen molar-refractivity contribution in [3.63, 3.8) is 0 Å². The molecule has 0 spiro atoms. The molecular formula is C23H21N5O3S. The maximum Gasteiger partial charge on any atom is 0.249 e. The predicted molar refractivity (Wildman–Crippen MR) is 125 cm³/mol. The third-order valence-electron chi connectivity index (χ3n) is 6.29. The molecule has 0 amide bonds. The third-order valence-corrected chi connectivity index (χ3v) is 7.23. The minimum absolute atomic E-state index is 0.129. The molecular weight excluding hydrogens is 426 g/mol. The number of nitrogens with zero attached hydrogens (tertiary/aromatic N) is 3. The number of aromatic nitrogens is 4. The summed E-state index contributed by atoms with van der Waals surface area (Å²) in [7, 11) is 0. The van der Waals surface area contributed by atoms with E-state index in [4.69, 9.17) is 10.2 Å². The Labute approximate surface area is 186 Å². The number of aliphatic hydroxyl groups is 1. The van der Waals surface area contributed by atoms with Gasteiger partial charge >= 0.3 is 0 Å². The van der Waals surface area contributed by atoms with Crippen LogP contribution in [0.5, 0.6) is 0 Å². The van der Waals surface area contributed by atoms with Gasteiger partial charge in [-0.1, -0.05) is 0 Å². The number of H-pyrrole nitrogens is 1. The summed E-state index contributed by atoms with van der Waals surface area (Å²) in [6, 6.07) is 3.86. The van der Waals surface area contributed by atoms with E-state index >= 15 is 0 Å². The SMILES string of the molecule is Nc1ncc(-c2cnn(C3CCC(O)CC3)c2)c2cc(-c3csc4cc(=O)[nH]cc34)oc12. The number of nitrogens with one attached hydrogen (secondary N) is 1. The molecule has 1 aliphatic rings. The highest BCUT2D eigenvalue weighted by molar-refractivity contribution is 7.17. The maximum absolute atomic E-state index is 11.6. The van der Waals surface area contributed by atoms with E-state index in [1.54, 1.807) is 18.5 Å². The van der Waals surface area contributed by atoms with Gasteiger partial charge in [-0.15, -0.1) is 11.3 Å². The molecule has 0 radical (unpaired) electrons. The summed E-state index contributed by atoms with van der Waals surface area (Å²) in [5.74, 6) is 1.00. The van der Waals surface area contributed by atoms with Gasteiger partial charge in [0.05, 0.1) is 18.3 Å². The molecule has 1 fully saturated rings. The molecule has 0 aromatic carbocycles. The molecule has 162 valence electrons. The fraction of sp³-hybridized carbons (Fsp3) is 0.261. The zero-order valence-electron chi connectivity index (χ0n) is 17.1. The molecule has 0 unspecified atom stereocenters. The first-order valence-corrected chi connectivity index (χ1v) is 11.5. The first-order valence-electron chi connectivity index (χ1n) is 10.6. The van der Waals surface area contributed by atoms with Crippen LogP contribution in [-0.4, -0.2) is 31.0 Å². The number of anilines is 1. The lowest BCUT2D eigenvalue weighted by atomic mass is 9.93. The number of hydrogen-bond donors (Lipinski definition) is 3. The number of aromatic amines is 1. The Morgan fingerprint density at radius 3 is 2.84 bits per heavy atom. The first kappa shape index (κ1) is 19.3. The van der Waals surface area contributed by atoms with Crippen molar-refractivity contribution in [2.24, 2.45) is 0 Å². The molecule has 8 nitrogen and oxygen atoms in total. The zero-order chi connectivity index (χ0) is 21.8. The van der Waals surface area contributed by atoms with Gasteiger partial charge < -0.3 is 20.2 Å². The summed E-state index contributed by atoms with van der Waals surface area (Å²) >= 11 is 1.50. The lowest BCUT2D eigenvalue weighted by Crippen LogP contribution is -2.21. The Bertz CT molecular complexity index is 1500. The second kappa shape index (κ2) is 7.32. The molecule has 5 aromatic rings. The van der Waals surface area contributed by atoms with Crippen LogP contribution in [0.4, 0.5) is 5.82 Å². The molecule has 0 bridgehead atoms. The van der Waals surface area contributed by atoms with E-state index in [1.807, 2.05) is 28.5 Å². The van der Waals surface area contributed by atoms with E-state index in [0.29, 0.717) is 23.2 Å². The summed E-state index contributed by atoms with van der Waals surface area (Å²) in [6.07, 6.45) is 10.6. The number of pyridine rings is 2. The molecule has 0 aliphatic heterocycles. The Morgan fingerprint density at radius 2 is 2.00 bits per heavy atom. The fourth-order valence-corrected chi connectivity index (χ4v) is 5.50. The normalized spacial score (nSPS) is 19.2. The van der Waals surface area contributed by atoms with Gasteiger partial charge in [-0.3, -0.25) is 9.48 Å². The van der Waals surface area contributed by atoms with E-state index < -0.39 is 0 Å². The molecule has 5 heterocycles. The Balaban J connectivity index is 1.43. The van der Waals surface area contributed by atoms with Crippen molar-refractivity contribution in [2.45, 2.75) is 37.8 Å². The van der Waals surface area contributed by atoms with Crippen molar-refractivity contribution < 1.29 is 9.52 Å². The van der Waals surface area contributed by atoms with Gasteiger partial charge in [-0.25, -0.2) is 4.98 Å². The zero-order valence-corrected chi connectivity index (χ0v) is 17.9. The van der Waals surface area contributed by atoms with Crippen LogP contribution >= 0.6 is 11.3 Å². The van der Waals surface area contributed by atoms with Crippen LogP contribution in [0.25, 0.3) is 43.5 Å². The largest absolute Gasteiger partial charge is 0.452 e. The second-order valence-electron chi connectivity index (χ2n) is 8.31. The number of nitrogens with two attached hydrogens (primary N) is 1. The molecule has 5 aromatic heterocycles. The monoisotopic (exact) mass is 447 g/mol. The molecule has 0 saturated heterocycles. The topological polar surface area (TPSA) is 123 Å². The molecule has 0 atom stereocenters. The van der Waals surface area contributed by atoms with Crippen molar-refractivity contribution in [3.8, 4) is 22.5 Å². The van der Waals surface area contributed by atoms with E-state index in [2.05, 4.69) is 15.1 Å². The van der Waals surface area contributed by atoms with Crippen LogP contribution < -0.4 is 11.3 Å². The minimum atomic E-state index is -0.197. The third kappa shape index (κ3) is 3.12. The van der Waals surface area contributed by atoms with Crippen molar-refractivity contribution >= 4 is 38.2 Å². The van der Waals surface area contributed by atoms with Crippen molar-refractivity contribution in [2.75, 3.05) is 5.73 Å². The van der Waals surface area contributed by atoms with Crippen LogP contribution in [-0.2, 0) is 0 Å². The number of furan rings is 1. The van der Waals surface area contributed by atoms with E-state index in [-0.39, 0.29) is 11.7 Å². The quantitative estimate of drug-likeness (QED) is 0.378. The average molecular weight is 448 g/mol. The highest BCUT2D eigenvalue weighted by Crippen LogP contribution is 2.40. The van der Waals surface area contributed by atoms with Crippen LogP contribution in [0.3, 0.4) is 0 Å². The standard InChI is InChI=1S/C23H21N5O3S/c24-23-22-15(5-19(31-22)18-11-32-20-6-21(30)25-9-17(18)20)16(8-26-23)12-7-27-28(10-12)13-1-3-14(29)4-2-13/h5-11,13-14,29H,1-4H2,(H2,24,26)(H,25,30). The van der Waals surface area contributed by atoms with E-state index in [0.717, 1.165) is 57.8 Å². The number of thiophene rings is 1. The number of rotatable bonds is 3. The molecule has 6 rings (SSSR count). The summed E-state index contributed by atoms with van der Waals surface area (Å²) in [4.78, 5) is 18.7. The number of hydrogen-bond acceptors (Lipinski definition) is 7. The summed E-state index contributed by atoms with van der Waals surface area (Å²) < 4.78 is 9.04. The number of aliphatic hydroxyl groups excluding tert-OH is 1. The molecule has 1 saturated carbocycles. The minimum Gasteiger partial charge on any atom is -0.452 e. The summed E-state index contributed by atoms with van der Waals surface area (Å²) in [6.45, 7) is 0. The lowest BCUT2D eigenvalue weighted by molar-refractivity contribution is 0.108. The van der Waals surface area contributed by atoms with Gasteiger partial charge in [0, 0.05) is 62.2 Å². The second-order valence-corrected chi connectivity index (χ2v) is 9.22. The Kier molecular flexibility index (Phi) is 4.41.